The third-order valence-electron chi connectivity index (χ3n) is 1.99. The highest BCUT2D eigenvalue weighted by molar-refractivity contribution is 7.64. The van der Waals surface area contributed by atoms with E-state index in [0.717, 1.165) is 19.1 Å². The lowest BCUT2D eigenvalue weighted by Crippen LogP contribution is -2.15. The Morgan fingerprint density at radius 3 is 1.82 bits per heavy atom. The molecule has 11 heavy (non-hydrogen) atoms. The zero-order valence-electron chi connectivity index (χ0n) is 7.04. The van der Waals surface area contributed by atoms with E-state index in [2.05, 4.69) is 13.8 Å². The van der Waals surface area contributed by atoms with Crippen molar-refractivity contribution in [1.29, 1.82) is 0 Å². The van der Waals surface area contributed by atoms with Crippen LogP contribution >= 0.6 is 33.2 Å². The Morgan fingerprint density at radius 1 is 1.09 bits per heavy atom. The summed E-state index contributed by atoms with van der Waals surface area (Å²) in [5, 5.41) is 0. The monoisotopic (exact) mass is 230 g/mol. The van der Waals surface area contributed by atoms with Gasteiger partial charge in [-0.2, -0.15) is 0 Å². The third-order valence-corrected chi connectivity index (χ3v) is 4.55. The molecular weight excluding hydrogens is 217 g/mol. The summed E-state index contributed by atoms with van der Waals surface area (Å²) in [6, 6.07) is -1.53. The molecule has 0 spiro atoms. The third kappa shape index (κ3) is 7.51. The van der Waals surface area contributed by atoms with E-state index < -0.39 is 6.00 Å². The van der Waals surface area contributed by atoms with E-state index in [9.17, 15) is 0 Å². The first-order valence-corrected chi connectivity index (χ1v) is 9.30. The van der Waals surface area contributed by atoms with Crippen LogP contribution in [0.3, 0.4) is 0 Å². The Morgan fingerprint density at radius 2 is 1.55 bits per heavy atom. The Hall–Kier alpha value is 1.15. The van der Waals surface area contributed by atoms with E-state index in [4.69, 9.17) is 33.2 Å². The maximum atomic E-state index is 5.76. The van der Waals surface area contributed by atoms with Gasteiger partial charge in [0, 0.05) is 0 Å². The minimum atomic E-state index is -2.34. The van der Waals surface area contributed by atoms with Crippen molar-refractivity contribution >= 4 is 46.0 Å². The molecule has 0 unspecified atom stereocenters. The first-order valence-electron chi connectivity index (χ1n) is 4.06. The fourth-order valence-electron chi connectivity index (χ4n) is 1.06. The molecule has 0 aliphatic carbocycles. The van der Waals surface area contributed by atoms with Crippen molar-refractivity contribution in [2.24, 2.45) is 0 Å². The molecule has 0 aliphatic heterocycles. The molecule has 5 heteroatoms. The van der Waals surface area contributed by atoms with Gasteiger partial charge >= 0.3 is 6.00 Å². The zero-order chi connectivity index (χ0) is 8.91. The van der Waals surface area contributed by atoms with Crippen LogP contribution < -0.4 is 0 Å². The topological polar surface area (TPSA) is 0 Å². The second-order valence-corrected chi connectivity index (χ2v) is 12.1. The lowest BCUT2D eigenvalue weighted by atomic mass is 9.44. The molecule has 0 fully saturated rings. The molecule has 0 bridgehead atoms. The predicted molar refractivity (Wildman–Crippen MR) is 59.6 cm³/mol. The average Bonchev–Trinajstić information content (AvgIpc) is 1.88. The highest BCUT2D eigenvalue weighted by atomic mass is 35.8. The Kier molecular flexibility index (Phi) is 6.34. The van der Waals surface area contributed by atoms with Crippen LogP contribution in [0.15, 0.2) is 0 Å². The van der Waals surface area contributed by atoms with Gasteiger partial charge in [-0.15, -0.1) is 33.2 Å². The first-order chi connectivity index (χ1) is 4.99. The maximum absolute atomic E-state index is 5.76. The van der Waals surface area contributed by atoms with Crippen LogP contribution in [0.5, 0.6) is 0 Å². The van der Waals surface area contributed by atoms with Crippen LogP contribution in [0.25, 0.3) is 0 Å². The van der Waals surface area contributed by atoms with Crippen molar-refractivity contribution in [2.45, 2.75) is 38.9 Å². The summed E-state index contributed by atoms with van der Waals surface area (Å²) in [6.45, 7) is 5.13. The van der Waals surface area contributed by atoms with Crippen molar-refractivity contribution in [2.75, 3.05) is 0 Å². The van der Waals surface area contributed by atoms with Crippen LogP contribution in [0.2, 0.25) is 25.0 Å². The summed E-state index contributed by atoms with van der Waals surface area (Å²) in [5.74, 6) is 0. The summed E-state index contributed by atoms with van der Waals surface area (Å²) >= 11 is 17.3. The second kappa shape index (κ2) is 5.74. The van der Waals surface area contributed by atoms with E-state index in [1.807, 2.05) is 0 Å². The van der Waals surface area contributed by atoms with E-state index >= 15 is 0 Å². The van der Waals surface area contributed by atoms with Gasteiger partial charge in [-0.1, -0.05) is 32.8 Å². The molecule has 0 rings (SSSR count). The van der Waals surface area contributed by atoms with Crippen molar-refractivity contribution in [3.8, 4) is 0 Å². The largest absolute Gasteiger partial charge is 0.340 e. The van der Waals surface area contributed by atoms with Crippen LogP contribution in [-0.2, 0) is 0 Å². The van der Waals surface area contributed by atoms with Gasteiger partial charge in [0.25, 0.3) is 0 Å². The van der Waals surface area contributed by atoms with E-state index in [1.54, 1.807) is 0 Å². The quantitative estimate of drug-likeness (QED) is 0.492. The zero-order valence-corrected chi connectivity index (χ0v) is 10.3. The van der Waals surface area contributed by atoms with Crippen molar-refractivity contribution in [3.05, 3.63) is 0 Å². The summed E-state index contributed by atoms with van der Waals surface area (Å²) in [7, 11) is 0. The van der Waals surface area contributed by atoms with Gasteiger partial charge in [-0.25, -0.2) is 0 Å². The summed E-state index contributed by atoms with van der Waals surface area (Å²) in [6.07, 6.45) is 3.48. The highest BCUT2D eigenvalue weighted by Gasteiger charge is 2.25. The second-order valence-electron chi connectivity index (χ2n) is 2.84. The molecule has 0 saturated carbocycles. The standard InChI is InChI=1S/C6H14BCl3Si/c1-3-7(4-2)5-6-11(8,9)10/h3-6H2,1-2H3. The molecular formula is C6H14BCl3Si. The highest BCUT2D eigenvalue weighted by Crippen LogP contribution is 2.28. The normalized spacial score (nSPS) is 11.7. The van der Waals surface area contributed by atoms with Crippen molar-refractivity contribution in [1.82, 2.24) is 0 Å². The lowest BCUT2D eigenvalue weighted by molar-refractivity contribution is 1.23. The van der Waals surface area contributed by atoms with Gasteiger partial charge in [-0.05, 0) is 6.04 Å². The molecule has 0 aromatic heterocycles. The molecule has 0 atom stereocenters. The lowest BCUT2D eigenvalue weighted by Gasteiger charge is -2.11. The molecule has 0 saturated heterocycles. The number of rotatable bonds is 5. The number of hydrogen-bond donors (Lipinski definition) is 0. The molecule has 0 heterocycles. The van der Waals surface area contributed by atoms with Gasteiger partial charge in [0.15, 0.2) is 0 Å². The van der Waals surface area contributed by atoms with Crippen LogP contribution in [0, 0.1) is 0 Å². The average molecular weight is 231 g/mol. The van der Waals surface area contributed by atoms with Crippen molar-refractivity contribution in [3.63, 3.8) is 0 Å². The predicted octanol–water partition coefficient (Wildman–Crippen LogP) is 4.18. The van der Waals surface area contributed by atoms with Gasteiger partial charge in [0.05, 0.1) is 0 Å². The SMILES string of the molecule is CCB(CC)CC[Si](Cl)(Cl)Cl. The molecule has 0 nitrogen and oxygen atoms in total. The summed E-state index contributed by atoms with van der Waals surface area (Å²) < 4.78 is 0. The molecule has 0 radical (unpaired) electrons. The molecule has 0 amide bonds. The smallest absolute Gasteiger partial charge is 0.126 e. The van der Waals surface area contributed by atoms with Crippen LogP contribution in [-0.4, -0.2) is 12.7 Å². The van der Waals surface area contributed by atoms with E-state index in [-0.39, 0.29) is 0 Å². The summed E-state index contributed by atoms with van der Waals surface area (Å²) in [5.41, 5.74) is 0. The molecule has 0 aliphatic rings. The van der Waals surface area contributed by atoms with Crippen LogP contribution in [0.4, 0.5) is 0 Å². The van der Waals surface area contributed by atoms with E-state index in [1.165, 1.54) is 12.6 Å². The molecule has 66 valence electrons. The fourth-order valence-corrected chi connectivity index (χ4v) is 2.78. The minimum absolute atomic E-state index is 0.748. The molecule has 0 N–H and O–H groups in total. The molecule has 0 aromatic rings. The number of hydrogen-bond acceptors (Lipinski definition) is 0. The van der Waals surface area contributed by atoms with Gasteiger partial charge in [0.1, 0.15) is 6.71 Å². The van der Waals surface area contributed by atoms with Crippen molar-refractivity contribution < 1.29 is 0 Å². The Balaban J connectivity index is 3.51. The Labute approximate surface area is 84.8 Å². The van der Waals surface area contributed by atoms with Crippen LogP contribution in [0.1, 0.15) is 13.8 Å². The maximum Gasteiger partial charge on any atom is 0.340 e. The van der Waals surface area contributed by atoms with Gasteiger partial charge in [-0.3, -0.25) is 0 Å². The minimum Gasteiger partial charge on any atom is -0.126 e. The van der Waals surface area contributed by atoms with E-state index in [0.29, 0.717) is 0 Å². The fraction of sp³-hybridized carbons (Fsp3) is 1.00. The Bertz CT molecular complexity index is 100. The van der Waals surface area contributed by atoms with Gasteiger partial charge in [0.2, 0.25) is 0 Å². The number of halogens is 3. The summed E-state index contributed by atoms with van der Waals surface area (Å²) in [4.78, 5) is 0. The molecule has 0 aromatic carbocycles. The van der Waals surface area contributed by atoms with Gasteiger partial charge < -0.3 is 0 Å². The first kappa shape index (κ1) is 12.2.